The van der Waals surface area contributed by atoms with Crippen LogP contribution in [0.5, 0.6) is 0 Å². The van der Waals surface area contributed by atoms with Crippen molar-refractivity contribution in [1.82, 2.24) is 9.55 Å². The van der Waals surface area contributed by atoms with Gasteiger partial charge in [0.05, 0.1) is 17.4 Å². The molecule has 0 saturated carbocycles. The molecule has 0 aliphatic heterocycles. The minimum Gasteiger partial charge on any atom is -0.367 e. The Bertz CT molecular complexity index is 671. The van der Waals surface area contributed by atoms with Gasteiger partial charge in [-0.15, -0.1) is 0 Å². The molecule has 0 saturated heterocycles. The summed E-state index contributed by atoms with van der Waals surface area (Å²) in [5, 5.41) is 10.8. The van der Waals surface area contributed by atoms with Crippen LogP contribution in [0.15, 0.2) is 60.9 Å². The molecule has 3 rings (SSSR count). The summed E-state index contributed by atoms with van der Waals surface area (Å²) in [5.41, 5.74) is 1.55. The highest BCUT2D eigenvalue weighted by Crippen LogP contribution is 2.26. The lowest BCUT2D eigenvalue weighted by atomic mass is 10.0. The maximum Gasteiger partial charge on any atom is 0.166 e. The van der Waals surface area contributed by atoms with Crippen LogP contribution in [0.1, 0.15) is 12.5 Å². The number of fused-ring (bicyclic) bond motifs is 1. The second kappa shape index (κ2) is 3.96. The SMILES string of the molecule is CC(O)(c1ccccc1)n1cnc2ccccc21. The molecule has 0 spiro atoms. The highest BCUT2D eigenvalue weighted by molar-refractivity contribution is 5.75. The second-order valence-corrected chi connectivity index (χ2v) is 4.49. The Kier molecular flexibility index (Phi) is 2.42. The van der Waals surface area contributed by atoms with Crippen LogP contribution in [-0.4, -0.2) is 14.7 Å². The van der Waals surface area contributed by atoms with Crippen LogP contribution < -0.4 is 0 Å². The molecule has 0 aliphatic rings. The van der Waals surface area contributed by atoms with Gasteiger partial charge < -0.3 is 5.11 Å². The molecule has 3 nitrogen and oxygen atoms in total. The first-order valence-corrected chi connectivity index (χ1v) is 5.90. The number of aromatic nitrogens is 2. The molecule has 0 bridgehead atoms. The van der Waals surface area contributed by atoms with Crippen molar-refractivity contribution in [2.75, 3.05) is 0 Å². The molecule has 0 aliphatic carbocycles. The average Bonchev–Trinajstić information content (AvgIpc) is 2.84. The molecule has 0 radical (unpaired) electrons. The van der Waals surface area contributed by atoms with Gasteiger partial charge in [-0.2, -0.15) is 0 Å². The van der Waals surface area contributed by atoms with Crippen molar-refractivity contribution in [3.8, 4) is 0 Å². The minimum absolute atomic E-state index is 0.841. The monoisotopic (exact) mass is 238 g/mol. The van der Waals surface area contributed by atoms with E-state index in [2.05, 4.69) is 4.98 Å². The van der Waals surface area contributed by atoms with Crippen LogP contribution in [0.25, 0.3) is 11.0 Å². The standard InChI is InChI=1S/C15H14N2O/c1-15(18,12-7-3-2-4-8-12)17-11-16-13-9-5-6-10-14(13)17/h2-11,18H,1H3. The van der Waals surface area contributed by atoms with Gasteiger partial charge in [-0.1, -0.05) is 42.5 Å². The third-order valence-electron chi connectivity index (χ3n) is 3.24. The summed E-state index contributed by atoms with van der Waals surface area (Å²) in [6, 6.07) is 17.4. The number of rotatable bonds is 2. The molecule has 3 heteroatoms. The average molecular weight is 238 g/mol. The van der Waals surface area contributed by atoms with E-state index in [1.807, 2.05) is 54.6 Å². The molecule has 90 valence electrons. The van der Waals surface area contributed by atoms with Gasteiger partial charge in [-0.05, 0) is 19.1 Å². The fourth-order valence-corrected chi connectivity index (χ4v) is 2.20. The van der Waals surface area contributed by atoms with E-state index < -0.39 is 5.72 Å². The summed E-state index contributed by atoms with van der Waals surface area (Å²) >= 11 is 0. The van der Waals surface area contributed by atoms with Gasteiger partial charge in [0.1, 0.15) is 0 Å². The Hall–Kier alpha value is -2.13. The molecule has 18 heavy (non-hydrogen) atoms. The van der Waals surface area contributed by atoms with Gasteiger partial charge in [-0.3, -0.25) is 4.57 Å². The van der Waals surface area contributed by atoms with Gasteiger partial charge in [0.15, 0.2) is 5.72 Å². The highest BCUT2D eigenvalue weighted by atomic mass is 16.3. The molecule has 0 amide bonds. The van der Waals surface area contributed by atoms with Crippen LogP contribution in [0.3, 0.4) is 0 Å². The van der Waals surface area contributed by atoms with Gasteiger partial charge in [0.25, 0.3) is 0 Å². The summed E-state index contributed by atoms with van der Waals surface area (Å²) in [6.07, 6.45) is 1.68. The van der Waals surface area contributed by atoms with Crippen molar-refractivity contribution >= 4 is 11.0 Å². The summed E-state index contributed by atoms with van der Waals surface area (Å²) in [6.45, 7) is 1.77. The quantitative estimate of drug-likeness (QED) is 0.745. The van der Waals surface area contributed by atoms with Crippen LogP contribution in [0.2, 0.25) is 0 Å². The second-order valence-electron chi connectivity index (χ2n) is 4.49. The zero-order valence-electron chi connectivity index (χ0n) is 10.1. The topological polar surface area (TPSA) is 38.0 Å². The lowest BCUT2D eigenvalue weighted by Crippen LogP contribution is -2.30. The Morgan fingerprint density at radius 2 is 1.67 bits per heavy atom. The third-order valence-corrected chi connectivity index (χ3v) is 3.24. The fraction of sp³-hybridized carbons (Fsp3) is 0.133. The first kappa shape index (κ1) is 11.0. The minimum atomic E-state index is -1.10. The van der Waals surface area contributed by atoms with E-state index in [1.165, 1.54) is 0 Å². The van der Waals surface area contributed by atoms with Crippen molar-refractivity contribution in [2.24, 2.45) is 0 Å². The predicted octanol–water partition coefficient (Wildman–Crippen LogP) is 2.75. The molecule has 1 unspecified atom stereocenters. The van der Waals surface area contributed by atoms with Crippen molar-refractivity contribution < 1.29 is 5.11 Å². The number of imidazole rings is 1. The van der Waals surface area contributed by atoms with Gasteiger partial charge in [-0.25, -0.2) is 4.98 Å². The zero-order valence-corrected chi connectivity index (χ0v) is 10.1. The molecule has 1 atom stereocenters. The van der Waals surface area contributed by atoms with E-state index in [-0.39, 0.29) is 0 Å². The van der Waals surface area contributed by atoms with E-state index >= 15 is 0 Å². The van der Waals surface area contributed by atoms with E-state index in [0.29, 0.717) is 0 Å². The zero-order chi connectivity index (χ0) is 12.6. The molecule has 0 fully saturated rings. The van der Waals surface area contributed by atoms with Crippen LogP contribution in [0.4, 0.5) is 0 Å². The molecular formula is C15H14N2O. The number of para-hydroxylation sites is 2. The third kappa shape index (κ3) is 1.60. The number of hydrogen-bond donors (Lipinski definition) is 1. The molecule has 1 aromatic heterocycles. The largest absolute Gasteiger partial charge is 0.367 e. The first-order valence-electron chi connectivity index (χ1n) is 5.90. The lowest BCUT2D eigenvalue weighted by Gasteiger charge is -2.26. The van der Waals surface area contributed by atoms with Gasteiger partial charge in [0.2, 0.25) is 0 Å². The normalized spacial score (nSPS) is 14.6. The molecule has 2 aromatic carbocycles. The van der Waals surface area contributed by atoms with E-state index in [1.54, 1.807) is 17.8 Å². The smallest absolute Gasteiger partial charge is 0.166 e. The molecule has 1 N–H and O–H groups in total. The van der Waals surface area contributed by atoms with Crippen molar-refractivity contribution in [3.63, 3.8) is 0 Å². The molecule has 1 heterocycles. The summed E-state index contributed by atoms with van der Waals surface area (Å²) < 4.78 is 1.79. The van der Waals surface area contributed by atoms with Crippen LogP contribution in [0, 0.1) is 0 Å². The Labute approximate surface area is 105 Å². The van der Waals surface area contributed by atoms with Crippen molar-refractivity contribution in [2.45, 2.75) is 12.6 Å². The van der Waals surface area contributed by atoms with Crippen LogP contribution in [-0.2, 0) is 5.72 Å². The maximum absolute atomic E-state index is 10.8. The van der Waals surface area contributed by atoms with E-state index in [0.717, 1.165) is 16.6 Å². The Balaban J connectivity index is 2.20. The number of nitrogens with zero attached hydrogens (tertiary/aromatic N) is 2. The summed E-state index contributed by atoms with van der Waals surface area (Å²) in [7, 11) is 0. The van der Waals surface area contributed by atoms with Gasteiger partial charge in [0, 0.05) is 5.56 Å². The fourth-order valence-electron chi connectivity index (χ4n) is 2.20. The van der Waals surface area contributed by atoms with Crippen molar-refractivity contribution in [3.05, 3.63) is 66.5 Å². The number of benzene rings is 2. The van der Waals surface area contributed by atoms with Crippen LogP contribution >= 0.6 is 0 Å². The maximum atomic E-state index is 10.8. The Morgan fingerprint density at radius 3 is 2.44 bits per heavy atom. The highest BCUT2D eigenvalue weighted by Gasteiger charge is 2.26. The lowest BCUT2D eigenvalue weighted by molar-refractivity contribution is 0.0293. The summed E-state index contributed by atoms with van der Waals surface area (Å²) in [4.78, 5) is 4.31. The van der Waals surface area contributed by atoms with E-state index in [4.69, 9.17) is 0 Å². The molecular weight excluding hydrogens is 224 g/mol. The van der Waals surface area contributed by atoms with E-state index in [9.17, 15) is 5.11 Å². The first-order chi connectivity index (χ1) is 8.69. The van der Waals surface area contributed by atoms with Gasteiger partial charge >= 0.3 is 0 Å². The number of aliphatic hydroxyl groups is 1. The predicted molar refractivity (Wildman–Crippen MR) is 71.1 cm³/mol. The Morgan fingerprint density at radius 1 is 1.00 bits per heavy atom. The molecule has 3 aromatic rings. The van der Waals surface area contributed by atoms with Crippen molar-refractivity contribution in [1.29, 1.82) is 0 Å². The number of hydrogen-bond acceptors (Lipinski definition) is 2. The summed E-state index contributed by atoms with van der Waals surface area (Å²) in [5.74, 6) is 0.